The lowest BCUT2D eigenvalue weighted by molar-refractivity contribution is 0.0284. The van der Waals surface area contributed by atoms with Crippen LogP contribution in [0.1, 0.15) is 39.7 Å². The van der Waals surface area contributed by atoms with Crippen LogP contribution >= 0.6 is 0 Å². The first-order valence-corrected chi connectivity index (χ1v) is 8.92. The van der Waals surface area contributed by atoms with Crippen LogP contribution in [0.4, 0.5) is 4.79 Å². The van der Waals surface area contributed by atoms with Crippen molar-refractivity contribution in [1.82, 2.24) is 4.90 Å². The number of methoxy groups -OCH3 is 2. The minimum Gasteiger partial charge on any atom is -0.497 e. The highest BCUT2D eigenvalue weighted by Crippen LogP contribution is 2.31. The van der Waals surface area contributed by atoms with Gasteiger partial charge in [-0.25, -0.2) is 4.79 Å². The van der Waals surface area contributed by atoms with Crippen LogP contribution in [-0.2, 0) is 11.2 Å². The molecule has 0 bridgehead atoms. The van der Waals surface area contributed by atoms with Gasteiger partial charge < -0.3 is 19.1 Å². The Kier molecular flexibility index (Phi) is 6.20. The quantitative estimate of drug-likeness (QED) is 0.801. The van der Waals surface area contributed by atoms with E-state index in [1.54, 1.807) is 14.2 Å². The molecule has 1 aromatic rings. The predicted molar refractivity (Wildman–Crippen MR) is 98.3 cm³/mol. The third-order valence-electron chi connectivity index (χ3n) is 4.70. The van der Waals surface area contributed by atoms with Gasteiger partial charge in [0.05, 0.1) is 14.2 Å². The van der Waals surface area contributed by atoms with Gasteiger partial charge in [-0.15, -0.1) is 0 Å². The molecular weight excluding hydrogens is 318 g/mol. The van der Waals surface area contributed by atoms with Gasteiger partial charge in [-0.2, -0.15) is 0 Å². The van der Waals surface area contributed by atoms with Gasteiger partial charge in [-0.05, 0) is 57.1 Å². The number of carbonyl (C=O) groups is 1. The molecule has 1 heterocycles. The molecule has 0 spiro atoms. The Morgan fingerprint density at radius 1 is 1.20 bits per heavy atom. The average molecular weight is 349 g/mol. The molecule has 0 N–H and O–H groups in total. The molecule has 1 aliphatic heterocycles. The zero-order chi connectivity index (χ0) is 18.6. The van der Waals surface area contributed by atoms with Crippen LogP contribution in [0.25, 0.3) is 0 Å². The minimum absolute atomic E-state index is 0.205. The molecule has 0 aromatic heterocycles. The summed E-state index contributed by atoms with van der Waals surface area (Å²) in [7, 11) is 3.33. The van der Waals surface area contributed by atoms with Gasteiger partial charge in [-0.1, -0.05) is 13.0 Å². The molecule has 1 saturated heterocycles. The summed E-state index contributed by atoms with van der Waals surface area (Å²) >= 11 is 0. The standard InChI is InChI=1S/C20H31NO4/c1-14-12-21(19(22)25-20(2,3)4)13-16(14)8-7-15-9-10-17(23-5)11-18(15)24-6/h9-11,14,16H,7-8,12-13H2,1-6H3. The first-order valence-electron chi connectivity index (χ1n) is 8.92. The number of carbonyl (C=O) groups excluding carboxylic acids is 1. The zero-order valence-electron chi connectivity index (χ0n) is 16.3. The van der Waals surface area contributed by atoms with Crippen molar-refractivity contribution in [2.75, 3.05) is 27.3 Å². The van der Waals surface area contributed by atoms with Crippen molar-refractivity contribution < 1.29 is 19.0 Å². The van der Waals surface area contributed by atoms with Gasteiger partial charge >= 0.3 is 6.09 Å². The number of hydrogen-bond acceptors (Lipinski definition) is 4. The number of rotatable bonds is 5. The third kappa shape index (κ3) is 5.28. The maximum atomic E-state index is 12.3. The van der Waals surface area contributed by atoms with Crippen LogP contribution < -0.4 is 9.47 Å². The summed E-state index contributed by atoms with van der Waals surface area (Å²) in [6.45, 7) is 9.43. The Labute approximate surface area is 151 Å². The summed E-state index contributed by atoms with van der Waals surface area (Å²) in [5.41, 5.74) is 0.723. The molecule has 2 atom stereocenters. The van der Waals surface area contributed by atoms with E-state index in [0.717, 1.165) is 37.4 Å². The number of amides is 1. The topological polar surface area (TPSA) is 48.0 Å². The molecule has 0 aliphatic carbocycles. The van der Waals surface area contributed by atoms with Gasteiger partial charge in [0.25, 0.3) is 0 Å². The first kappa shape index (κ1) is 19.4. The fourth-order valence-electron chi connectivity index (χ4n) is 3.28. The van der Waals surface area contributed by atoms with E-state index in [1.165, 1.54) is 5.56 Å². The molecule has 1 fully saturated rings. The maximum absolute atomic E-state index is 12.3. The molecule has 2 rings (SSSR count). The molecule has 0 radical (unpaired) electrons. The van der Waals surface area contributed by atoms with Crippen molar-refractivity contribution in [2.45, 2.75) is 46.1 Å². The van der Waals surface area contributed by atoms with Crippen molar-refractivity contribution >= 4 is 6.09 Å². The normalized spacial score (nSPS) is 20.5. The maximum Gasteiger partial charge on any atom is 0.410 e. The van der Waals surface area contributed by atoms with E-state index in [0.29, 0.717) is 11.8 Å². The number of hydrogen-bond donors (Lipinski definition) is 0. The molecule has 1 aliphatic rings. The van der Waals surface area contributed by atoms with Crippen LogP contribution in [-0.4, -0.2) is 43.9 Å². The van der Waals surface area contributed by atoms with Crippen molar-refractivity contribution in [3.63, 3.8) is 0 Å². The zero-order valence-corrected chi connectivity index (χ0v) is 16.3. The predicted octanol–water partition coefficient (Wildman–Crippen LogP) is 4.14. The fraction of sp³-hybridized carbons (Fsp3) is 0.650. The Morgan fingerprint density at radius 2 is 1.92 bits per heavy atom. The molecule has 5 nitrogen and oxygen atoms in total. The van der Waals surface area contributed by atoms with Crippen LogP contribution in [0.2, 0.25) is 0 Å². The molecule has 1 amide bonds. The number of benzene rings is 1. The summed E-state index contributed by atoms with van der Waals surface area (Å²) in [6, 6.07) is 5.94. The summed E-state index contributed by atoms with van der Waals surface area (Å²) in [6.07, 6.45) is 1.73. The summed E-state index contributed by atoms with van der Waals surface area (Å²) < 4.78 is 16.2. The minimum atomic E-state index is -0.450. The third-order valence-corrected chi connectivity index (χ3v) is 4.70. The van der Waals surface area contributed by atoms with Crippen LogP contribution in [0.3, 0.4) is 0 Å². The molecular formula is C20H31NO4. The van der Waals surface area contributed by atoms with Crippen molar-refractivity contribution in [3.8, 4) is 11.5 Å². The monoisotopic (exact) mass is 349 g/mol. The summed E-state index contributed by atoms with van der Waals surface area (Å²) in [5, 5.41) is 0. The van der Waals surface area contributed by atoms with Crippen LogP contribution in [0.5, 0.6) is 11.5 Å². The van der Waals surface area contributed by atoms with E-state index >= 15 is 0 Å². The van der Waals surface area contributed by atoms with E-state index < -0.39 is 5.60 Å². The molecule has 1 aromatic carbocycles. The second-order valence-corrected chi connectivity index (χ2v) is 7.84. The van der Waals surface area contributed by atoms with E-state index in [4.69, 9.17) is 14.2 Å². The molecule has 25 heavy (non-hydrogen) atoms. The van der Waals surface area contributed by atoms with Crippen molar-refractivity contribution in [1.29, 1.82) is 0 Å². The van der Waals surface area contributed by atoms with Gasteiger partial charge in [-0.3, -0.25) is 0 Å². The second kappa shape index (κ2) is 7.98. The summed E-state index contributed by atoms with van der Waals surface area (Å²) in [4.78, 5) is 14.1. The molecule has 140 valence electrons. The van der Waals surface area contributed by atoms with Crippen LogP contribution in [0.15, 0.2) is 18.2 Å². The van der Waals surface area contributed by atoms with E-state index in [2.05, 4.69) is 13.0 Å². The Morgan fingerprint density at radius 3 is 2.52 bits per heavy atom. The highest BCUT2D eigenvalue weighted by Gasteiger charge is 2.34. The Bertz CT molecular complexity index is 594. The largest absolute Gasteiger partial charge is 0.497 e. The highest BCUT2D eigenvalue weighted by molar-refractivity contribution is 5.68. The van der Waals surface area contributed by atoms with Crippen LogP contribution in [0, 0.1) is 11.8 Å². The lowest BCUT2D eigenvalue weighted by atomic mass is 9.91. The Balaban J connectivity index is 1.94. The highest BCUT2D eigenvalue weighted by atomic mass is 16.6. The molecule has 0 saturated carbocycles. The van der Waals surface area contributed by atoms with E-state index in [1.807, 2.05) is 37.8 Å². The first-order chi connectivity index (χ1) is 11.7. The van der Waals surface area contributed by atoms with Gasteiger partial charge in [0.1, 0.15) is 17.1 Å². The number of ether oxygens (including phenoxy) is 3. The lowest BCUT2D eigenvalue weighted by Gasteiger charge is -2.24. The average Bonchev–Trinajstić information content (AvgIpc) is 2.92. The van der Waals surface area contributed by atoms with Gasteiger partial charge in [0, 0.05) is 19.2 Å². The lowest BCUT2D eigenvalue weighted by Crippen LogP contribution is -2.35. The van der Waals surface area contributed by atoms with Crippen molar-refractivity contribution in [2.24, 2.45) is 11.8 Å². The van der Waals surface area contributed by atoms with Gasteiger partial charge in [0.15, 0.2) is 0 Å². The fourth-order valence-corrected chi connectivity index (χ4v) is 3.28. The Hall–Kier alpha value is -1.91. The number of likely N-dealkylation sites (tertiary alicyclic amines) is 1. The smallest absolute Gasteiger partial charge is 0.410 e. The summed E-state index contributed by atoms with van der Waals surface area (Å²) in [5.74, 6) is 2.59. The van der Waals surface area contributed by atoms with E-state index in [9.17, 15) is 4.79 Å². The van der Waals surface area contributed by atoms with Gasteiger partial charge in [0.2, 0.25) is 0 Å². The number of aryl methyl sites for hydroxylation is 1. The van der Waals surface area contributed by atoms with Crippen molar-refractivity contribution in [3.05, 3.63) is 23.8 Å². The second-order valence-electron chi connectivity index (χ2n) is 7.84. The SMILES string of the molecule is COc1ccc(CCC2CN(C(=O)OC(C)(C)C)CC2C)c(OC)c1. The van der Waals surface area contributed by atoms with E-state index in [-0.39, 0.29) is 6.09 Å². The molecule has 2 unspecified atom stereocenters. The number of nitrogens with zero attached hydrogens (tertiary/aromatic N) is 1. The molecule has 5 heteroatoms.